The highest BCUT2D eigenvalue weighted by Gasteiger charge is 2.30. The standard InChI is InChI=1S/C25H32F3N3O4.C25H30F3N3O3/c1-17(30-8-12-34-21-5-2-3-6-22(21)35-16-25(26,27)28)13-18-14-19-7-10-31(9-4-11-32)23(19)20(15-18)24(29)33;1-18(30-8-12-33-22-5-2-3-6-23(22)34-17-25(26,27)28)13-19-14-20-7-10-31(9-4-11-32)24(20)21(15-19)16-29/h2-3,5-6,14-15,17,30,32H,4,7-13,16H2,1H3,(H2,29,33);2-3,5-6,14-15,18,30,32H,4,7-13,17H2,1H3/t17-;18-/m11/s1/i2*4D2,9D2,11D2. The minimum absolute atomic E-state index is 0.00461. The van der Waals surface area contributed by atoms with Crippen molar-refractivity contribution in [3.63, 3.8) is 0 Å². The van der Waals surface area contributed by atoms with Gasteiger partial charge in [0, 0.05) is 75.3 Å². The lowest BCUT2D eigenvalue weighted by molar-refractivity contribution is -0.154. The van der Waals surface area contributed by atoms with Gasteiger partial charge in [0.05, 0.1) is 28.0 Å². The monoisotopic (exact) mass is 985 g/mol. The van der Waals surface area contributed by atoms with Gasteiger partial charge in [0.15, 0.2) is 36.2 Å². The number of anilines is 2. The molecule has 6 N–H and O–H groups in total. The lowest BCUT2D eigenvalue weighted by Crippen LogP contribution is -2.32. The Bertz CT molecular complexity index is 2860. The lowest BCUT2D eigenvalue weighted by atomic mass is 9.98. The molecular formula is C50H62F6N6O7. The number of primary amides is 1. The van der Waals surface area contributed by atoms with Gasteiger partial charge in [-0.25, -0.2) is 0 Å². The highest BCUT2D eigenvalue weighted by molar-refractivity contribution is 6.00. The van der Waals surface area contributed by atoms with Gasteiger partial charge in [-0.3, -0.25) is 4.79 Å². The predicted octanol–water partition coefficient (Wildman–Crippen LogP) is 6.91. The highest BCUT2D eigenvalue weighted by atomic mass is 19.4. The van der Waals surface area contributed by atoms with E-state index in [1.165, 1.54) is 36.4 Å². The molecule has 0 saturated heterocycles. The molecule has 19 heteroatoms. The second kappa shape index (κ2) is 26.2. The molecule has 0 bridgehead atoms. The number of carbonyl (C=O) groups excluding carboxylic acids is 1. The van der Waals surface area contributed by atoms with Crippen LogP contribution in [0.4, 0.5) is 37.7 Å². The molecule has 2 aliphatic heterocycles. The van der Waals surface area contributed by atoms with Gasteiger partial charge in [-0.2, -0.15) is 31.6 Å². The van der Waals surface area contributed by atoms with Crippen LogP contribution < -0.4 is 45.1 Å². The minimum atomic E-state index is -4.48. The van der Waals surface area contributed by atoms with Crippen LogP contribution in [0, 0.1) is 11.3 Å². The van der Waals surface area contributed by atoms with Crippen LogP contribution in [0.2, 0.25) is 0 Å². The smallest absolute Gasteiger partial charge is 0.422 e. The van der Waals surface area contributed by atoms with E-state index in [2.05, 4.69) is 10.6 Å². The van der Waals surface area contributed by atoms with Gasteiger partial charge in [-0.1, -0.05) is 36.4 Å². The molecule has 0 radical (unpaired) electrons. The lowest BCUT2D eigenvalue weighted by Gasteiger charge is -2.22. The van der Waals surface area contributed by atoms with Crippen molar-refractivity contribution in [1.29, 1.82) is 5.26 Å². The Hall–Kier alpha value is -5.94. The van der Waals surface area contributed by atoms with Gasteiger partial charge >= 0.3 is 12.4 Å². The molecule has 4 aromatic carbocycles. The molecule has 13 nitrogen and oxygen atoms in total. The van der Waals surface area contributed by atoms with E-state index >= 15 is 0 Å². The van der Waals surface area contributed by atoms with Crippen LogP contribution in [-0.4, -0.2) is 119 Å². The first-order valence-electron chi connectivity index (χ1n) is 27.6. The Morgan fingerprint density at radius 3 is 1.57 bits per heavy atom. The maximum Gasteiger partial charge on any atom is 0.422 e. The van der Waals surface area contributed by atoms with Gasteiger partial charge in [-0.15, -0.1) is 0 Å². The summed E-state index contributed by atoms with van der Waals surface area (Å²) in [5.74, 6) is -0.576. The van der Waals surface area contributed by atoms with Crippen molar-refractivity contribution < 1.29 is 76.7 Å². The number of nitrogens with two attached hydrogens (primary N) is 1. The van der Waals surface area contributed by atoms with Crippen LogP contribution in [0.5, 0.6) is 23.0 Å². The number of halogens is 6. The van der Waals surface area contributed by atoms with Crippen LogP contribution in [0.25, 0.3) is 0 Å². The number of amides is 1. The molecule has 0 spiro atoms. The molecule has 0 aliphatic carbocycles. The molecule has 4 aromatic rings. The van der Waals surface area contributed by atoms with Gasteiger partial charge in [0.25, 0.3) is 5.91 Å². The van der Waals surface area contributed by atoms with E-state index in [9.17, 15) is 46.6 Å². The molecule has 0 aromatic heterocycles. The summed E-state index contributed by atoms with van der Waals surface area (Å²) in [6.07, 6.45) is -14.2. The van der Waals surface area contributed by atoms with E-state index in [1.807, 2.05) is 19.9 Å². The van der Waals surface area contributed by atoms with E-state index in [-0.39, 0.29) is 90.3 Å². The molecule has 2 heterocycles. The van der Waals surface area contributed by atoms with Crippen molar-refractivity contribution >= 4 is 17.3 Å². The molecule has 6 rings (SSSR count). The topological polar surface area (TPSA) is 175 Å². The SMILES string of the molecule is [2H]C([2H])(O)C([2H])([2H])C([2H])([2H])N1CCc2cc(C[C@@H](C)NCCOc3ccccc3OCC(F)(F)F)cc(C#N)c21.[2H]C([2H])(O)C([2H])([2H])C([2H])([2H])N1CCc2cc(C[C@@H](C)NCCOc3ccccc3OCC(F)(F)F)cc(C(N)=O)c21. The fourth-order valence-corrected chi connectivity index (χ4v) is 7.63. The van der Waals surface area contributed by atoms with Crippen LogP contribution >= 0.6 is 0 Å². The van der Waals surface area contributed by atoms with E-state index in [4.69, 9.17) is 41.1 Å². The molecule has 0 unspecified atom stereocenters. The van der Waals surface area contributed by atoms with Gasteiger partial charge in [-0.05, 0) is 111 Å². The van der Waals surface area contributed by atoms with E-state index in [0.29, 0.717) is 49.0 Å². The zero-order valence-corrected chi connectivity index (χ0v) is 37.7. The zero-order chi connectivity index (χ0) is 60.7. The third kappa shape index (κ3) is 17.2. The fourth-order valence-electron chi connectivity index (χ4n) is 7.63. The maximum absolute atomic E-state index is 12.5. The summed E-state index contributed by atoms with van der Waals surface area (Å²) in [7, 11) is 0. The predicted molar refractivity (Wildman–Crippen MR) is 251 cm³/mol. The number of nitrogens with zero attached hydrogens (tertiary/aromatic N) is 3. The fraction of sp³-hybridized carbons (Fsp3) is 0.480. The van der Waals surface area contributed by atoms with Crippen LogP contribution in [0.15, 0.2) is 72.8 Å². The second-order valence-corrected chi connectivity index (χ2v) is 15.8. The highest BCUT2D eigenvalue weighted by Crippen LogP contribution is 2.35. The van der Waals surface area contributed by atoms with E-state index in [0.717, 1.165) is 15.4 Å². The Labute approximate surface area is 415 Å². The quantitative estimate of drug-likeness (QED) is 0.0344. The van der Waals surface area contributed by atoms with Crippen molar-refractivity contribution in [3.05, 3.63) is 106 Å². The minimum Gasteiger partial charge on any atom is -0.488 e. The molecule has 0 saturated carbocycles. The number of alkyl halides is 6. The van der Waals surface area contributed by atoms with Crippen LogP contribution in [0.1, 0.15) is 81.2 Å². The summed E-state index contributed by atoms with van der Waals surface area (Å²) >= 11 is 0. The molecule has 69 heavy (non-hydrogen) atoms. The Balaban J connectivity index is 0.000000297. The Morgan fingerprint density at radius 1 is 0.725 bits per heavy atom. The largest absolute Gasteiger partial charge is 0.488 e. The van der Waals surface area contributed by atoms with Crippen LogP contribution in [-0.2, 0) is 25.7 Å². The number of hydrogen-bond donors (Lipinski definition) is 5. The summed E-state index contributed by atoms with van der Waals surface area (Å²) in [4.78, 5) is 14.3. The number of benzene rings is 4. The molecule has 0 fully saturated rings. The molecule has 1 amide bonds. The summed E-state index contributed by atoms with van der Waals surface area (Å²) in [5.41, 5.74) is 8.46. The number of rotatable bonds is 25. The number of carbonyl (C=O) groups is 1. The summed E-state index contributed by atoms with van der Waals surface area (Å²) in [6, 6.07) is 20.4. The number of aliphatic hydroxyl groups is 2. The number of fused-ring (bicyclic) bond motifs is 2. The van der Waals surface area contributed by atoms with Gasteiger partial charge in [0.1, 0.15) is 19.3 Å². The Kier molecular flexibility index (Phi) is 14.7. The average Bonchev–Trinajstić information content (AvgIpc) is 4.05. The number of ether oxygens (including phenoxy) is 4. The van der Waals surface area contributed by atoms with Crippen molar-refractivity contribution in [1.82, 2.24) is 10.6 Å². The van der Waals surface area contributed by atoms with Crippen molar-refractivity contribution in [3.8, 4) is 29.1 Å². The molecular weight excluding hydrogens is 911 g/mol. The van der Waals surface area contributed by atoms with Crippen molar-refractivity contribution in [2.45, 2.75) is 76.7 Å². The molecule has 2 atom stereocenters. The summed E-state index contributed by atoms with van der Waals surface area (Å²) < 4.78 is 190. The first-order chi connectivity index (χ1) is 37.3. The average molecular weight is 985 g/mol. The first-order valence-corrected chi connectivity index (χ1v) is 21.6. The zero-order valence-electron chi connectivity index (χ0n) is 49.7. The third-order valence-electron chi connectivity index (χ3n) is 10.4. The molecule has 376 valence electrons. The van der Waals surface area contributed by atoms with Crippen LogP contribution in [0.3, 0.4) is 0 Å². The van der Waals surface area contributed by atoms with Gasteiger partial charge < -0.3 is 55.3 Å². The van der Waals surface area contributed by atoms with E-state index < -0.39 is 70.3 Å². The Morgan fingerprint density at radius 2 is 1.14 bits per heavy atom. The summed E-state index contributed by atoms with van der Waals surface area (Å²) in [5, 5.41) is 35.5. The second-order valence-electron chi connectivity index (χ2n) is 15.8. The number of para-hydroxylation sites is 4. The first kappa shape index (κ1) is 38.9. The number of nitrogens with one attached hydrogen (secondary N) is 2. The summed E-state index contributed by atoms with van der Waals surface area (Å²) in [6.45, 7) is -11.2. The van der Waals surface area contributed by atoms with E-state index in [1.54, 1.807) is 36.4 Å². The molecule has 2 aliphatic rings. The normalized spacial score (nSPS) is 17.8. The third-order valence-corrected chi connectivity index (χ3v) is 10.4. The maximum atomic E-state index is 12.5. The van der Waals surface area contributed by atoms with Crippen molar-refractivity contribution in [2.75, 3.05) is 88.5 Å². The van der Waals surface area contributed by atoms with Gasteiger partial charge in [0.2, 0.25) is 0 Å². The number of nitriles is 1. The number of hydrogen-bond acceptors (Lipinski definition) is 12. The van der Waals surface area contributed by atoms with Crippen molar-refractivity contribution in [2.24, 2.45) is 5.73 Å².